The Balaban J connectivity index is 0.000000536. The molecule has 0 aliphatic rings. The summed E-state index contributed by atoms with van der Waals surface area (Å²) >= 11 is 12.5. The summed E-state index contributed by atoms with van der Waals surface area (Å²) < 4.78 is 22.2. The third-order valence-electron chi connectivity index (χ3n) is 5.60. The highest BCUT2D eigenvalue weighted by Crippen LogP contribution is 2.53. The van der Waals surface area contributed by atoms with Gasteiger partial charge >= 0.3 is 15.6 Å². The van der Waals surface area contributed by atoms with Crippen LogP contribution in [0, 0.1) is 0 Å². The fourth-order valence-corrected chi connectivity index (χ4v) is 5.16. The molecule has 0 radical (unpaired) electrons. The summed E-state index contributed by atoms with van der Waals surface area (Å²) in [4.78, 5) is 42.9. The second-order valence-corrected chi connectivity index (χ2v) is 12.2. The molecule has 1 heterocycles. The van der Waals surface area contributed by atoms with Crippen molar-refractivity contribution in [3.63, 3.8) is 0 Å². The molecule has 1 aromatic heterocycles. The molecule has 0 aliphatic carbocycles. The predicted octanol–water partition coefficient (Wildman–Crippen LogP) is 6.22. The van der Waals surface area contributed by atoms with Crippen molar-refractivity contribution in [2.24, 2.45) is 0 Å². The van der Waals surface area contributed by atoms with Gasteiger partial charge in [-0.2, -0.15) is 4.31 Å². The number of phosphoric acid groups is 2. The molecule has 0 bridgehead atoms. The molecule has 3 rings (SSSR count). The van der Waals surface area contributed by atoms with E-state index < -0.39 is 15.6 Å². The predicted molar refractivity (Wildman–Crippen MR) is 160 cm³/mol. The van der Waals surface area contributed by atoms with Gasteiger partial charge in [-0.25, -0.2) is 19.1 Å². The van der Waals surface area contributed by atoms with Gasteiger partial charge in [0.2, 0.25) is 0 Å². The maximum atomic E-state index is 9.63. The first-order valence-electron chi connectivity index (χ1n) is 12.4. The number of anilines is 1. The number of benzene rings is 2. The highest BCUT2D eigenvalue weighted by Gasteiger charge is 2.28. The van der Waals surface area contributed by atoms with Crippen LogP contribution in [0.3, 0.4) is 0 Å². The third kappa shape index (κ3) is 12.7. The van der Waals surface area contributed by atoms with Crippen LogP contribution < -0.4 is 5.32 Å². The van der Waals surface area contributed by atoms with Gasteiger partial charge in [0.25, 0.3) is 0 Å². The smallest absolute Gasteiger partial charge is 0.367 e. The number of nitrogens with one attached hydrogen (secondary N) is 1. The van der Waals surface area contributed by atoms with E-state index in [1.165, 1.54) is 0 Å². The van der Waals surface area contributed by atoms with Crippen molar-refractivity contribution in [2.75, 3.05) is 25.0 Å². The number of hydrogen-bond acceptors (Lipinski definition) is 7. The molecule has 0 saturated carbocycles. The summed E-state index contributed by atoms with van der Waals surface area (Å²) in [5.41, 5.74) is 1.75. The summed E-state index contributed by atoms with van der Waals surface area (Å²) in [5.74, 6) is 1.45. The largest absolute Gasteiger partial charge is 0.478 e. The summed E-state index contributed by atoms with van der Waals surface area (Å²) in [7, 11) is -10.1. The van der Waals surface area contributed by atoms with Crippen LogP contribution in [0.25, 0.3) is 23.1 Å². The number of fused-ring (bicyclic) bond motifs is 1. The lowest BCUT2D eigenvalue weighted by Gasteiger charge is -2.20. The van der Waals surface area contributed by atoms with Crippen LogP contribution in [0.1, 0.15) is 45.0 Å². The standard InChI is InChI=1S/C25H30Cl2N4.H4O7P2/c1-4-31(5-2)16-8-9-18(3)28-25-21-14-13-20(26)17-23(21)29-24(30-25)15-12-19-10-6-7-11-22(19)27;1-8(2,3)7-9(4,5)6/h6-7,10-15,17-18H,4-5,8-9,16H2,1-3H3,(H,28,29,30);(H2,1,2,3)(H2,4,5,6). The minimum atomic E-state index is -5.05. The fourth-order valence-electron chi connectivity index (χ4n) is 3.68. The molecule has 5 N–H and O–H groups in total. The van der Waals surface area contributed by atoms with Gasteiger partial charge in [-0.3, -0.25) is 0 Å². The second-order valence-electron chi connectivity index (χ2n) is 8.72. The Bertz CT molecular complexity index is 1360. The van der Waals surface area contributed by atoms with Crippen molar-refractivity contribution < 1.29 is 33.0 Å². The zero-order valence-corrected chi connectivity index (χ0v) is 25.6. The molecule has 0 saturated heterocycles. The molecule has 3 aromatic rings. The first-order valence-corrected chi connectivity index (χ1v) is 16.2. The Morgan fingerprint density at radius 1 is 1.00 bits per heavy atom. The Morgan fingerprint density at radius 2 is 1.65 bits per heavy atom. The average molecular weight is 635 g/mol. The van der Waals surface area contributed by atoms with Crippen LogP contribution in [0.15, 0.2) is 42.5 Å². The lowest BCUT2D eigenvalue weighted by Crippen LogP contribution is -2.25. The molecule has 2 aromatic carbocycles. The fraction of sp³-hybridized carbons (Fsp3) is 0.360. The monoisotopic (exact) mass is 634 g/mol. The Morgan fingerprint density at radius 3 is 2.23 bits per heavy atom. The Hall–Kier alpha value is -1.88. The van der Waals surface area contributed by atoms with E-state index in [-0.39, 0.29) is 0 Å². The first-order chi connectivity index (χ1) is 18.7. The molecular weight excluding hydrogens is 601 g/mol. The first kappa shape index (κ1) is 34.3. The van der Waals surface area contributed by atoms with Gasteiger partial charge < -0.3 is 29.8 Å². The van der Waals surface area contributed by atoms with E-state index in [1.807, 2.05) is 54.6 Å². The summed E-state index contributed by atoms with van der Waals surface area (Å²) in [6.07, 6.45) is 6.04. The van der Waals surface area contributed by atoms with Crippen LogP contribution in [0.5, 0.6) is 0 Å². The topological polar surface area (TPSA) is 165 Å². The van der Waals surface area contributed by atoms with Crippen molar-refractivity contribution in [2.45, 2.75) is 39.7 Å². The zero-order chi connectivity index (χ0) is 29.9. The third-order valence-corrected chi connectivity index (χ3v) is 7.88. The lowest BCUT2D eigenvalue weighted by molar-refractivity contribution is 0.225. The molecule has 11 nitrogen and oxygen atoms in total. The van der Waals surface area contributed by atoms with Gasteiger partial charge in [0.15, 0.2) is 5.82 Å². The number of nitrogens with zero attached hydrogens (tertiary/aromatic N) is 3. The van der Waals surface area contributed by atoms with Gasteiger partial charge in [-0.05, 0) is 81.4 Å². The molecule has 1 atom stereocenters. The maximum absolute atomic E-state index is 9.63. The van der Waals surface area contributed by atoms with Crippen molar-refractivity contribution >= 4 is 67.7 Å². The van der Waals surface area contributed by atoms with Crippen LogP contribution >= 0.6 is 38.8 Å². The van der Waals surface area contributed by atoms with Crippen molar-refractivity contribution in [1.82, 2.24) is 14.9 Å². The van der Waals surface area contributed by atoms with Gasteiger partial charge in [-0.1, -0.05) is 55.2 Å². The number of hydrogen-bond donors (Lipinski definition) is 5. The van der Waals surface area contributed by atoms with Gasteiger partial charge in [0.1, 0.15) is 5.82 Å². The Kier molecular flexibility index (Phi) is 13.7. The lowest BCUT2D eigenvalue weighted by atomic mass is 10.1. The van der Waals surface area contributed by atoms with Crippen molar-refractivity contribution in [3.8, 4) is 0 Å². The molecule has 0 amide bonds. The van der Waals surface area contributed by atoms with E-state index in [0.29, 0.717) is 21.9 Å². The molecule has 0 aliphatic heterocycles. The highest BCUT2D eigenvalue weighted by atomic mass is 35.5. The van der Waals surface area contributed by atoms with Gasteiger partial charge in [0.05, 0.1) is 5.52 Å². The van der Waals surface area contributed by atoms with Crippen LogP contribution in [-0.2, 0) is 13.4 Å². The van der Waals surface area contributed by atoms with Crippen LogP contribution in [-0.4, -0.2) is 60.1 Å². The SMILES string of the molecule is CCN(CC)CCCC(C)Nc1nc(C=Cc2ccccc2Cl)nc2cc(Cl)ccc12.O=P(O)(O)OP(=O)(O)O. The van der Waals surface area contributed by atoms with Crippen LogP contribution in [0.4, 0.5) is 5.82 Å². The van der Waals surface area contributed by atoms with Gasteiger partial charge in [0, 0.05) is 21.5 Å². The quantitative estimate of drug-likeness (QED) is 0.144. The molecule has 220 valence electrons. The molecule has 40 heavy (non-hydrogen) atoms. The maximum Gasteiger partial charge on any atom is 0.478 e. The van der Waals surface area contributed by atoms with E-state index in [1.54, 1.807) is 0 Å². The molecule has 15 heteroatoms. The summed E-state index contributed by atoms with van der Waals surface area (Å²) in [6.45, 7) is 9.92. The van der Waals surface area contributed by atoms with E-state index >= 15 is 0 Å². The molecule has 1 unspecified atom stereocenters. The average Bonchev–Trinajstić information content (AvgIpc) is 2.84. The number of rotatable bonds is 12. The zero-order valence-electron chi connectivity index (χ0n) is 22.3. The highest BCUT2D eigenvalue weighted by molar-refractivity contribution is 7.60. The molecular formula is C25H34Cl2N4O7P2. The minimum Gasteiger partial charge on any atom is -0.367 e. The molecule has 0 fully saturated rings. The van der Waals surface area contributed by atoms with E-state index in [4.69, 9.17) is 47.8 Å². The van der Waals surface area contributed by atoms with Crippen molar-refractivity contribution in [3.05, 3.63) is 63.9 Å². The van der Waals surface area contributed by atoms with Gasteiger partial charge in [-0.15, -0.1) is 0 Å². The van der Waals surface area contributed by atoms with E-state index in [9.17, 15) is 9.13 Å². The summed E-state index contributed by atoms with van der Waals surface area (Å²) in [6, 6.07) is 13.7. The number of aromatic nitrogens is 2. The normalized spacial score (nSPS) is 12.9. The molecule has 0 spiro atoms. The Labute approximate surface area is 243 Å². The summed E-state index contributed by atoms with van der Waals surface area (Å²) in [5, 5.41) is 5.91. The second kappa shape index (κ2) is 15.9. The number of halogens is 2. The van der Waals surface area contributed by atoms with E-state index in [2.05, 4.69) is 40.3 Å². The van der Waals surface area contributed by atoms with E-state index in [0.717, 1.165) is 54.8 Å². The minimum absolute atomic E-state index is 0.296. The van der Waals surface area contributed by atoms with Crippen LogP contribution in [0.2, 0.25) is 10.0 Å². The van der Waals surface area contributed by atoms with Crippen molar-refractivity contribution in [1.29, 1.82) is 0 Å².